The highest BCUT2D eigenvalue weighted by Gasteiger charge is 2.35. The molecule has 0 spiro atoms. The van der Waals surface area contributed by atoms with Crippen LogP contribution in [0.1, 0.15) is 48.9 Å². The molecular formula is C16H23N3O2. The Balaban J connectivity index is 1.96. The van der Waals surface area contributed by atoms with Crippen LogP contribution in [0.4, 0.5) is 11.5 Å². The number of carbonyl (C=O) groups is 1. The predicted molar refractivity (Wildman–Crippen MR) is 82.3 cm³/mol. The summed E-state index contributed by atoms with van der Waals surface area (Å²) in [7, 11) is 1.40. The number of ether oxygens (including phenoxy) is 1. The van der Waals surface area contributed by atoms with Crippen LogP contribution in [0, 0.1) is 5.92 Å². The quantitative estimate of drug-likeness (QED) is 0.848. The third-order valence-corrected chi connectivity index (χ3v) is 4.81. The number of nitrogen functional groups attached to an aromatic ring is 1. The Kier molecular flexibility index (Phi) is 3.99. The molecule has 0 amide bonds. The number of aromatic nitrogens is 1. The number of rotatable bonds is 2. The molecule has 1 saturated carbocycles. The van der Waals surface area contributed by atoms with Gasteiger partial charge in [-0.05, 0) is 37.7 Å². The molecule has 5 nitrogen and oxygen atoms in total. The van der Waals surface area contributed by atoms with Gasteiger partial charge in [0.25, 0.3) is 0 Å². The lowest BCUT2D eigenvalue weighted by atomic mass is 9.78. The van der Waals surface area contributed by atoms with Gasteiger partial charge < -0.3 is 15.4 Å². The van der Waals surface area contributed by atoms with Crippen LogP contribution in [-0.4, -0.2) is 30.6 Å². The van der Waals surface area contributed by atoms with Crippen LogP contribution in [0.25, 0.3) is 0 Å². The van der Waals surface area contributed by atoms with Crippen LogP contribution in [0.3, 0.4) is 0 Å². The molecule has 1 aromatic rings. The topological polar surface area (TPSA) is 68.5 Å². The molecule has 2 atom stereocenters. The van der Waals surface area contributed by atoms with Crippen LogP contribution in [0.15, 0.2) is 12.3 Å². The SMILES string of the molecule is COC(=O)c1cc(N)cnc1N1CCC[C@H]2CCCC[C@H]21. The molecule has 1 aromatic heterocycles. The highest BCUT2D eigenvalue weighted by atomic mass is 16.5. The molecule has 0 bridgehead atoms. The van der Waals surface area contributed by atoms with Gasteiger partial charge in [0.2, 0.25) is 0 Å². The van der Waals surface area contributed by atoms with E-state index >= 15 is 0 Å². The minimum absolute atomic E-state index is 0.359. The summed E-state index contributed by atoms with van der Waals surface area (Å²) in [6, 6.07) is 2.19. The molecule has 3 rings (SSSR count). The van der Waals surface area contributed by atoms with Crippen LogP contribution in [0.5, 0.6) is 0 Å². The molecular weight excluding hydrogens is 266 g/mol. The zero-order chi connectivity index (χ0) is 14.8. The monoisotopic (exact) mass is 289 g/mol. The number of fused-ring (bicyclic) bond motifs is 1. The average Bonchev–Trinajstić information content (AvgIpc) is 2.53. The maximum absolute atomic E-state index is 12.0. The zero-order valence-electron chi connectivity index (χ0n) is 12.5. The fourth-order valence-electron chi connectivity index (χ4n) is 3.85. The molecule has 5 heteroatoms. The van der Waals surface area contributed by atoms with Crippen LogP contribution in [0.2, 0.25) is 0 Å². The van der Waals surface area contributed by atoms with E-state index < -0.39 is 0 Å². The smallest absolute Gasteiger partial charge is 0.341 e. The van der Waals surface area contributed by atoms with Crippen LogP contribution >= 0.6 is 0 Å². The van der Waals surface area contributed by atoms with E-state index in [4.69, 9.17) is 10.5 Å². The standard InChI is InChI=1S/C16H23N3O2/c1-21-16(20)13-9-12(17)10-18-15(13)19-8-4-6-11-5-2-3-7-14(11)19/h9-11,14H,2-8,17H2,1H3/t11-,14-/m1/s1. The summed E-state index contributed by atoms with van der Waals surface area (Å²) in [5.41, 5.74) is 6.78. The number of pyridine rings is 1. The Morgan fingerprint density at radius 1 is 1.33 bits per heavy atom. The van der Waals surface area contributed by atoms with Gasteiger partial charge in [0.05, 0.1) is 19.0 Å². The molecule has 1 aliphatic heterocycles. The Morgan fingerprint density at radius 3 is 2.90 bits per heavy atom. The van der Waals surface area contributed by atoms with E-state index in [1.54, 1.807) is 12.3 Å². The van der Waals surface area contributed by atoms with Gasteiger partial charge in [-0.3, -0.25) is 0 Å². The first-order valence-corrected chi connectivity index (χ1v) is 7.81. The maximum Gasteiger partial charge on any atom is 0.341 e. The molecule has 2 aliphatic rings. The summed E-state index contributed by atoms with van der Waals surface area (Å²) in [6.45, 7) is 0.960. The Labute approximate surface area is 125 Å². The highest BCUT2D eigenvalue weighted by Crippen LogP contribution is 2.38. The summed E-state index contributed by atoms with van der Waals surface area (Å²) in [5, 5.41) is 0. The molecule has 2 N–H and O–H groups in total. The lowest BCUT2D eigenvalue weighted by molar-refractivity contribution is 0.0600. The largest absolute Gasteiger partial charge is 0.465 e. The van der Waals surface area contributed by atoms with Crippen molar-refractivity contribution < 1.29 is 9.53 Å². The van der Waals surface area contributed by atoms with E-state index in [9.17, 15) is 4.79 Å². The second-order valence-corrected chi connectivity index (χ2v) is 6.08. The van der Waals surface area contributed by atoms with Crippen molar-refractivity contribution in [2.24, 2.45) is 5.92 Å². The second kappa shape index (κ2) is 5.92. The molecule has 2 fully saturated rings. The minimum atomic E-state index is -0.359. The van der Waals surface area contributed by atoms with Crippen molar-refractivity contribution in [1.82, 2.24) is 4.98 Å². The van der Waals surface area contributed by atoms with E-state index in [-0.39, 0.29) is 5.97 Å². The summed E-state index contributed by atoms with van der Waals surface area (Å²) in [5.74, 6) is 1.12. The number of nitrogens with zero attached hydrogens (tertiary/aromatic N) is 2. The Bertz CT molecular complexity index is 530. The Morgan fingerprint density at radius 2 is 2.10 bits per heavy atom. The van der Waals surface area contributed by atoms with E-state index in [0.29, 0.717) is 17.3 Å². The molecule has 1 saturated heterocycles. The van der Waals surface area contributed by atoms with E-state index in [1.165, 1.54) is 39.2 Å². The third-order valence-electron chi connectivity index (χ3n) is 4.81. The zero-order valence-corrected chi connectivity index (χ0v) is 12.5. The molecule has 0 radical (unpaired) electrons. The summed E-state index contributed by atoms with van der Waals surface area (Å²) < 4.78 is 4.90. The van der Waals surface area contributed by atoms with Gasteiger partial charge in [-0.1, -0.05) is 12.8 Å². The van der Waals surface area contributed by atoms with Crippen molar-refractivity contribution >= 4 is 17.5 Å². The van der Waals surface area contributed by atoms with E-state index in [2.05, 4.69) is 9.88 Å². The highest BCUT2D eigenvalue weighted by molar-refractivity contribution is 5.95. The first-order chi connectivity index (χ1) is 10.2. The molecule has 1 aliphatic carbocycles. The van der Waals surface area contributed by atoms with Crippen molar-refractivity contribution in [2.75, 3.05) is 24.3 Å². The summed E-state index contributed by atoms with van der Waals surface area (Å²) >= 11 is 0. The van der Waals surface area contributed by atoms with Crippen molar-refractivity contribution in [3.63, 3.8) is 0 Å². The minimum Gasteiger partial charge on any atom is -0.465 e. The number of hydrogen-bond acceptors (Lipinski definition) is 5. The Hall–Kier alpha value is -1.78. The number of hydrogen-bond donors (Lipinski definition) is 1. The maximum atomic E-state index is 12.0. The number of nitrogens with two attached hydrogens (primary N) is 1. The second-order valence-electron chi connectivity index (χ2n) is 6.08. The number of piperidine rings is 1. The predicted octanol–water partition coefficient (Wildman–Crippen LogP) is 2.61. The van der Waals surface area contributed by atoms with Gasteiger partial charge in [-0.15, -0.1) is 0 Å². The van der Waals surface area contributed by atoms with Crippen LogP contribution in [-0.2, 0) is 4.74 Å². The van der Waals surface area contributed by atoms with Crippen molar-refractivity contribution in [1.29, 1.82) is 0 Å². The number of methoxy groups -OCH3 is 1. The normalized spacial score (nSPS) is 25.3. The lowest BCUT2D eigenvalue weighted by Gasteiger charge is -2.45. The number of carbonyl (C=O) groups excluding carboxylic acids is 1. The molecule has 0 unspecified atom stereocenters. The fraction of sp³-hybridized carbons (Fsp3) is 0.625. The van der Waals surface area contributed by atoms with Gasteiger partial charge in [-0.25, -0.2) is 9.78 Å². The first-order valence-electron chi connectivity index (χ1n) is 7.81. The van der Waals surface area contributed by atoms with E-state index in [1.807, 2.05) is 0 Å². The molecule has 114 valence electrons. The summed E-state index contributed by atoms with van der Waals surface area (Å²) in [4.78, 5) is 18.8. The van der Waals surface area contributed by atoms with Gasteiger partial charge in [0.1, 0.15) is 11.4 Å². The average molecular weight is 289 g/mol. The van der Waals surface area contributed by atoms with Crippen molar-refractivity contribution in [2.45, 2.75) is 44.6 Å². The third kappa shape index (κ3) is 2.69. The van der Waals surface area contributed by atoms with E-state index in [0.717, 1.165) is 24.7 Å². The van der Waals surface area contributed by atoms with Gasteiger partial charge >= 0.3 is 5.97 Å². The number of esters is 1. The van der Waals surface area contributed by atoms with Gasteiger partial charge in [-0.2, -0.15) is 0 Å². The molecule has 21 heavy (non-hydrogen) atoms. The van der Waals surface area contributed by atoms with Gasteiger partial charge in [0, 0.05) is 12.6 Å². The number of anilines is 2. The van der Waals surface area contributed by atoms with Gasteiger partial charge in [0.15, 0.2) is 0 Å². The lowest BCUT2D eigenvalue weighted by Crippen LogP contribution is -2.47. The first kappa shape index (κ1) is 14.2. The molecule has 2 heterocycles. The van der Waals surface area contributed by atoms with Crippen LogP contribution < -0.4 is 10.6 Å². The fourth-order valence-corrected chi connectivity index (χ4v) is 3.85. The summed E-state index contributed by atoms with van der Waals surface area (Å²) in [6.07, 6.45) is 9.17. The van der Waals surface area contributed by atoms with Crippen molar-refractivity contribution in [3.8, 4) is 0 Å². The molecule has 0 aromatic carbocycles. The van der Waals surface area contributed by atoms with Crippen molar-refractivity contribution in [3.05, 3.63) is 17.8 Å².